The molecule has 4 nitrogen and oxygen atoms in total. The summed E-state index contributed by atoms with van der Waals surface area (Å²) in [6.07, 6.45) is 5.03. The molecule has 0 aromatic carbocycles. The average molecular weight is 307 g/mol. The number of sulfonamides is 1. The van der Waals surface area contributed by atoms with E-state index in [0.29, 0.717) is 10.1 Å². The van der Waals surface area contributed by atoms with E-state index in [0.717, 1.165) is 19.3 Å². The number of nitrogens with one attached hydrogen (secondary N) is 1. The average Bonchev–Trinajstić information content (AvgIpc) is 2.95. The molecule has 1 aromatic heterocycles. The largest absolute Gasteiger partial charge is 0.391 e. The predicted octanol–water partition coefficient (Wildman–Crippen LogP) is 1.80. The van der Waals surface area contributed by atoms with Crippen molar-refractivity contribution in [3.05, 3.63) is 16.3 Å². The van der Waals surface area contributed by atoms with Gasteiger partial charge >= 0.3 is 0 Å². The van der Waals surface area contributed by atoms with Gasteiger partial charge in [-0.25, -0.2) is 13.1 Å². The topological polar surface area (TPSA) is 66.4 Å². The molecule has 0 bridgehead atoms. The van der Waals surface area contributed by atoms with Crippen molar-refractivity contribution < 1.29 is 13.5 Å². The number of aliphatic hydroxyl groups excluding tert-OH is 1. The van der Waals surface area contributed by atoms with Crippen LogP contribution in [0, 0.1) is 0 Å². The molecule has 18 heavy (non-hydrogen) atoms. The summed E-state index contributed by atoms with van der Waals surface area (Å²) < 4.78 is 27.3. The number of thiophene rings is 1. The Bertz CT molecular complexity index is 497. The Morgan fingerprint density at radius 1 is 1.56 bits per heavy atom. The molecule has 1 aromatic rings. The van der Waals surface area contributed by atoms with Crippen LogP contribution in [-0.4, -0.2) is 31.1 Å². The third-order valence-electron chi connectivity index (χ3n) is 3.20. The number of rotatable bonds is 5. The maximum atomic E-state index is 12.3. The SMILES string of the molecule is CSC1CCCC1NS(=O)(=O)c1ccsc1CO. The molecule has 2 N–H and O–H groups in total. The molecule has 2 rings (SSSR count). The van der Waals surface area contributed by atoms with Gasteiger partial charge in [0.2, 0.25) is 10.0 Å². The van der Waals surface area contributed by atoms with Crippen molar-refractivity contribution in [2.75, 3.05) is 6.26 Å². The van der Waals surface area contributed by atoms with Gasteiger partial charge in [-0.1, -0.05) is 6.42 Å². The maximum absolute atomic E-state index is 12.3. The Morgan fingerprint density at radius 3 is 3.00 bits per heavy atom. The second-order valence-corrected chi connectivity index (χ2v) is 8.06. The minimum absolute atomic E-state index is 0.0106. The molecule has 2 unspecified atom stereocenters. The molecule has 7 heteroatoms. The molecule has 0 saturated heterocycles. The molecule has 0 amide bonds. The molecule has 1 fully saturated rings. The second kappa shape index (κ2) is 5.92. The van der Waals surface area contributed by atoms with E-state index < -0.39 is 10.0 Å². The first-order chi connectivity index (χ1) is 8.58. The van der Waals surface area contributed by atoms with Crippen LogP contribution in [0.2, 0.25) is 0 Å². The van der Waals surface area contributed by atoms with Gasteiger partial charge in [-0.05, 0) is 30.5 Å². The van der Waals surface area contributed by atoms with Gasteiger partial charge in [0.05, 0.1) is 11.5 Å². The first-order valence-electron chi connectivity index (χ1n) is 5.81. The fourth-order valence-corrected chi connectivity index (χ4v) is 5.92. The number of hydrogen-bond acceptors (Lipinski definition) is 5. The van der Waals surface area contributed by atoms with Crippen molar-refractivity contribution in [1.29, 1.82) is 0 Å². The second-order valence-electron chi connectivity index (χ2n) is 4.30. The number of aliphatic hydroxyl groups is 1. The fourth-order valence-electron chi connectivity index (χ4n) is 2.29. The zero-order valence-corrected chi connectivity index (χ0v) is 12.6. The zero-order valence-electron chi connectivity index (χ0n) is 10.1. The monoisotopic (exact) mass is 307 g/mol. The molecule has 1 saturated carbocycles. The Labute approximate surface area is 116 Å². The van der Waals surface area contributed by atoms with E-state index in [4.69, 9.17) is 5.11 Å². The summed E-state index contributed by atoms with van der Waals surface area (Å²) >= 11 is 2.98. The van der Waals surface area contributed by atoms with E-state index in [1.807, 2.05) is 6.26 Å². The first-order valence-corrected chi connectivity index (χ1v) is 9.46. The van der Waals surface area contributed by atoms with Crippen molar-refractivity contribution in [3.63, 3.8) is 0 Å². The van der Waals surface area contributed by atoms with Crippen LogP contribution >= 0.6 is 23.1 Å². The van der Waals surface area contributed by atoms with E-state index in [1.165, 1.54) is 11.3 Å². The van der Waals surface area contributed by atoms with Crippen molar-refractivity contribution >= 4 is 33.1 Å². The lowest BCUT2D eigenvalue weighted by Crippen LogP contribution is -2.38. The highest BCUT2D eigenvalue weighted by Gasteiger charge is 2.31. The fraction of sp³-hybridized carbons (Fsp3) is 0.636. The summed E-state index contributed by atoms with van der Waals surface area (Å²) in [5.74, 6) is 0. The van der Waals surface area contributed by atoms with Crippen molar-refractivity contribution in [3.8, 4) is 0 Å². The first kappa shape index (κ1) is 14.3. The van der Waals surface area contributed by atoms with E-state index >= 15 is 0 Å². The van der Waals surface area contributed by atoms with Gasteiger partial charge in [-0.3, -0.25) is 0 Å². The molecule has 1 heterocycles. The van der Waals surface area contributed by atoms with Crippen LogP contribution in [0.5, 0.6) is 0 Å². The van der Waals surface area contributed by atoms with Gasteiger partial charge in [0.1, 0.15) is 0 Å². The van der Waals surface area contributed by atoms with Crippen LogP contribution in [0.25, 0.3) is 0 Å². The highest BCUT2D eigenvalue weighted by molar-refractivity contribution is 7.99. The lowest BCUT2D eigenvalue weighted by molar-refractivity contribution is 0.282. The summed E-state index contributed by atoms with van der Waals surface area (Å²) in [4.78, 5) is 0.725. The minimum atomic E-state index is -3.50. The van der Waals surface area contributed by atoms with Crippen LogP contribution in [-0.2, 0) is 16.6 Å². The highest BCUT2D eigenvalue weighted by Crippen LogP contribution is 2.30. The summed E-state index contributed by atoms with van der Waals surface area (Å²) in [5.41, 5.74) is 0. The molecule has 0 spiro atoms. The van der Waals surface area contributed by atoms with Crippen LogP contribution in [0.4, 0.5) is 0 Å². The van der Waals surface area contributed by atoms with Crippen LogP contribution < -0.4 is 4.72 Å². The van der Waals surface area contributed by atoms with Gasteiger partial charge in [-0.15, -0.1) is 11.3 Å². The standard InChI is InChI=1S/C11H17NO3S3/c1-16-9-4-2-3-8(9)12-18(14,15)11-5-6-17-10(11)7-13/h5-6,8-9,12-13H,2-4,7H2,1H3. The molecule has 102 valence electrons. The predicted molar refractivity (Wildman–Crippen MR) is 75.5 cm³/mol. The summed E-state index contributed by atoms with van der Waals surface area (Å²) in [5, 5.41) is 11.2. The zero-order chi connectivity index (χ0) is 13.2. The van der Waals surface area contributed by atoms with Gasteiger partial charge in [-0.2, -0.15) is 11.8 Å². The third-order valence-corrected chi connectivity index (χ3v) is 6.98. The smallest absolute Gasteiger partial charge is 0.242 e. The van der Waals surface area contributed by atoms with E-state index in [2.05, 4.69) is 4.72 Å². The quantitative estimate of drug-likeness (QED) is 0.870. The maximum Gasteiger partial charge on any atom is 0.242 e. The van der Waals surface area contributed by atoms with Crippen molar-refractivity contribution in [2.24, 2.45) is 0 Å². The third kappa shape index (κ3) is 2.91. The molecular weight excluding hydrogens is 290 g/mol. The summed E-state index contributed by atoms with van der Waals surface area (Å²) in [6, 6.07) is 1.57. The molecule has 1 aliphatic rings. The van der Waals surface area contributed by atoms with Crippen LogP contribution in [0.15, 0.2) is 16.3 Å². The Balaban J connectivity index is 2.17. The minimum Gasteiger partial charge on any atom is -0.391 e. The molecule has 2 atom stereocenters. The summed E-state index contributed by atoms with van der Waals surface area (Å²) in [7, 11) is -3.50. The summed E-state index contributed by atoms with van der Waals surface area (Å²) in [6.45, 7) is -0.232. The van der Waals surface area contributed by atoms with Crippen LogP contribution in [0.3, 0.4) is 0 Å². The van der Waals surface area contributed by atoms with E-state index in [9.17, 15) is 8.42 Å². The Morgan fingerprint density at radius 2 is 2.33 bits per heavy atom. The van der Waals surface area contributed by atoms with Gasteiger partial charge in [0.15, 0.2) is 0 Å². The lowest BCUT2D eigenvalue weighted by Gasteiger charge is -2.19. The highest BCUT2D eigenvalue weighted by atomic mass is 32.2. The van der Waals surface area contributed by atoms with Crippen molar-refractivity contribution in [2.45, 2.75) is 42.1 Å². The van der Waals surface area contributed by atoms with Gasteiger partial charge in [0, 0.05) is 16.2 Å². The van der Waals surface area contributed by atoms with E-state index in [-0.39, 0.29) is 17.5 Å². The van der Waals surface area contributed by atoms with Gasteiger partial charge in [0.25, 0.3) is 0 Å². The van der Waals surface area contributed by atoms with E-state index in [1.54, 1.807) is 23.2 Å². The Hall–Kier alpha value is -0.0800. The molecule has 0 aliphatic heterocycles. The lowest BCUT2D eigenvalue weighted by atomic mass is 10.3. The number of hydrogen-bond donors (Lipinski definition) is 2. The Kier molecular flexibility index (Phi) is 4.71. The number of thioether (sulfide) groups is 1. The normalized spacial score (nSPS) is 24.6. The van der Waals surface area contributed by atoms with Gasteiger partial charge < -0.3 is 5.11 Å². The van der Waals surface area contributed by atoms with Crippen molar-refractivity contribution in [1.82, 2.24) is 4.72 Å². The molecule has 1 aliphatic carbocycles. The molecule has 0 radical (unpaired) electrons. The van der Waals surface area contributed by atoms with Crippen LogP contribution in [0.1, 0.15) is 24.1 Å². The molecular formula is C11H17NO3S3.